The summed E-state index contributed by atoms with van der Waals surface area (Å²) in [5, 5.41) is 2.34. The number of hydrogen-bond donors (Lipinski definition) is 1. The summed E-state index contributed by atoms with van der Waals surface area (Å²) < 4.78 is 0. The van der Waals surface area contributed by atoms with Crippen LogP contribution < -0.4 is 5.32 Å². The Balaban J connectivity index is 2.14. The third kappa shape index (κ3) is 1.35. The summed E-state index contributed by atoms with van der Waals surface area (Å²) in [5.41, 5.74) is 0.0179. The number of imide groups is 1. The molecule has 1 N–H and O–H groups in total. The molecule has 0 saturated carbocycles. The van der Waals surface area contributed by atoms with Gasteiger partial charge in [0.05, 0.1) is 0 Å². The van der Waals surface area contributed by atoms with Crippen LogP contribution in [0, 0.1) is 5.41 Å². The summed E-state index contributed by atoms with van der Waals surface area (Å²) in [7, 11) is 0. The highest BCUT2D eigenvalue weighted by atomic mass is 32.2. The predicted molar refractivity (Wildman–Crippen MR) is 46.8 cm³/mol. The summed E-state index contributed by atoms with van der Waals surface area (Å²) in [6.07, 6.45) is 2.12. The Bertz CT molecular complexity index is 215. The largest absolute Gasteiger partial charge is 0.296 e. The van der Waals surface area contributed by atoms with E-state index in [0.29, 0.717) is 12.8 Å². The van der Waals surface area contributed by atoms with Gasteiger partial charge in [0.25, 0.3) is 0 Å². The van der Waals surface area contributed by atoms with Gasteiger partial charge in [0, 0.05) is 12.8 Å². The second-order valence-electron chi connectivity index (χ2n) is 3.63. The van der Waals surface area contributed by atoms with E-state index in [9.17, 15) is 9.59 Å². The maximum atomic E-state index is 11.1. The Morgan fingerprint density at radius 3 is 2.42 bits per heavy atom. The standard InChI is InChI=1S/C8H11NO2S/c10-6-3-8(1-2-12-5-8)4-7(11)9-6/h1-5H2,(H,9,10,11). The molecule has 0 aromatic rings. The molecular formula is C8H11NO2S. The van der Waals surface area contributed by atoms with Gasteiger partial charge in [0.15, 0.2) is 0 Å². The van der Waals surface area contributed by atoms with Crippen LogP contribution in [0.1, 0.15) is 19.3 Å². The monoisotopic (exact) mass is 185 g/mol. The van der Waals surface area contributed by atoms with Crippen molar-refractivity contribution in [1.82, 2.24) is 5.32 Å². The van der Waals surface area contributed by atoms with E-state index in [2.05, 4.69) is 5.32 Å². The van der Waals surface area contributed by atoms with Crippen LogP contribution in [-0.4, -0.2) is 23.3 Å². The summed E-state index contributed by atoms with van der Waals surface area (Å²) in [6, 6.07) is 0. The Hall–Kier alpha value is -0.510. The van der Waals surface area contributed by atoms with E-state index in [1.807, 2.05) is 11.8 Å². The molecular weight excluding hydrogens is 174 g/mol. The lowest BCUT2D eigenvalue weighted by Gasteiger charge is -2.30. The first-order valence-electron chi connectivity index (χ1n) is 4.11. The quantitative estimate of drug-likeness (QED) is 0.560. The molecule has 0 bridgehead atoms. The minimum atomic E-state index is -0.0891. The first kappa shape index (κ1) is 8.10. The fourth-order valence-corrected chi connectivity index (χ4v) is 3.42. The lowest BCUT2D eigenvalue weighted by molar-refractivity contribution is -0.137. The van der Waals surface area contributed by atoms with Crippen molar-refractivity contribution in [2.75, 3.05) is 11.5 Å². The molecule has 0 aromatic heterocycles. The van der Waals surface area contributed by atoms with Crippen LogP contribution in [0.2, 0.25) is 0 Å². The van der Waals surface area contributed by atoms with Crippen molar-refractivity contribution < 1.29 is 9.59 Å². The Labute approximate surface area is 75.3 Å². The molecule has 2 saturated heterocycles. The van der Waals surface area contributed by atoms with Gasteiger partial charge in [-0.3, -0.25) is 14.9 Å². The number of hydrogen-bond acceptors (Lipinski definition) is 3. The minimum absolute atomic E-state index is 0.0179. The van der Waals surface area contributed by atoms with E-state index in [0.717, 1.165) is 17.9 Å². The molecule has 0 aliphatic carbocycles. The van der Waals surface area contributed by atoms with Crippen LogP contribution in [0.25, 0.3) is 0 Å². The lowest BCUT2D eigenvalue weighted by Crippen LogP contribution is -2.44. The van der Waals surface area contributed by atoms with Gasteiger partial charge in [-0.1, -0.05) is 0 Å². The summed E-state index contributed by atoms with van der Waals surface area (Å²) in [6.45, 7) is 0. The number of nitrogens with one attached hydrogen (secondary N) is 1. The molecule has 2 heterocycles. The molecule has 12 heavy (non-hydrogen) atoms. The summed E-state index contributed by atoms with van der Waals surface area (Å²) >= 11 is 1.85. The van der Waals surface area contributed by atoms with Crippen LogP contribution in [0.15, 0.2) is 0 Å². The molecule has 3 nitrogen and oxygen atoms in total. The molecule has 2 aliphatic rings. The van der Waals surface area contributed by atoms with Crippen LogP contribution >= 0.6 is 11.8 Å². The third-order valence-corrected chi connectivity index (χ3v) is 3.84. The zero-order chi connectivity index (χ0) is 8.60. The van der Waals surface area contributed by atoms with Crippen molar-refractivity contribution in [1.29, 1.82) is 0 Å². The maximum Gasteiger partial charge on any atom is 0.227 e. The Morgan fingerprint density at radius 1 is 1.25 bits per heavy atom. The predicted octanol–water partition coefficient (Wildman–Crippen LogP) is 0.546. The molecule has 2 aliphatic heterocycles. The molecule has 0 atom stereocenters. The fraction of sp³-hybridized carbons (Fsp3) is 0.750. The number of carbonyl (C=O) groups is 2. The van der Waals surface area contributed by atoms with Crippen molar-refractivity contribution in [2.24, 2.45) is 5.41 Å². The first-order valence-corrected chi connectivity index (χ1v) is 5.26. The topological polar surface area (TPSA) is 46.2 Å². The van der Waals surface area contributed by atoms with Crippen LogP contribution in [-0.2, 0) is 9.59 Å². The minimum Gasteiger partial charge on any atom is -0.296 e. The van der Waals surface area contributed by atoms with E-state index >= 15 is 0 Å². The van der Waals surface area contributed by atoms with Gasteiger partial charge in [-0.15, -0.1) is 0 Å². The van der Waals surface area contributed by atoms with E-state index in [-0.39, 0.29) is 17.2 Å². The number of piperidine rings is 1. The molecule has 0 aromatic carbocycles. The van der Waals surface area contributed by atoms with Crippen molar-refractivity contribution in [3.63, 3.8) is 0 Å². The normalized spacial score (nSPS) is 27.7. The first-order chi connectivity index (χ1) is 5.70. The van der Waals surface area contributed by atoms with Crippen LogP contribution in [0.4, 0.5) is 0 Å². The highest BCUT2D eigenvalue weighted by molar-refractivity contribution is 7.99. The number of amides is 2. The van der Waals surface area contributed by atoms with Gasteiger partial charge >= 0.3 is 0 Å². The van der Waals surface area contributed by atoms with Crippen molar-refractivity contribution in [3.8, 4) is 0 Å². The number of rotatable bonds is 0. The van der Waals surface area contributed by atoms with Crippen molar-refractivity contribution >= 4 is 23.6 Å². The molecule has 2 amide bonds. The highest BCUT2D eigenvalue weighted by Crippen LogP contribution is 2.43. The van der Waals surface area contributed by atoms with Gasteiger partial charge in [-0.25, -0.2) is 0 Å². The summed E-state index contributed by atoms with van der Waals surface area (Å²) in [4.78, 5) is 22.2. The van der Waals surface area contributed by atoms with E-state index in [1.54, 1.807) is 0 Å². The van der Waals surface area contributed by atoms with E-state index in [4.69, 9.17) is 0 Å². The van der Waals surface area contributed by atoms with Crippen molar-refractivity contribution in [3.05, 3.63) is 0 Å². The van der Waals surface area contributed by atoms with Crippen LogP contribution in [0.5, 0.6) is 0 Å². The number of carbonyl (C=O) groups excluding carboxylic acids is 2. The lowest BCUT2D eigenvalue weighted by atomic mass is 9.78. The summed E-state index contributed by atoms with van der Waals surface area (Å²) in [5.74, 6) is 1.90. The highest BCUT2D eigenvalue weighted by Gasteiger charge is 2.41. The van der Waals surface area contributed by atoms with Gasteiger partial charge in [-0.2, -0.15) is 11.8 Å². The molecule has 0 unspecified atom stereocenters. The second kappa shape index (κ2) is 2.76. The number of thioether (sulfide) groups is 1. The average molecular weight is 185 g/mol. The average Bonchev–Trinajstić information content (AvgIpc) is 2.33. The van der Waals surface area contributed by atoms with Gasteiger partial charge in [-0.05, 0) is 23.3 Å². The molecule has 1 spiro atoms. The SMILES string of the molecule is O=C1CC2(CCSC2)CC(=O)N1. The smallest absolute Gasteiger partial charge is 0.227 e. The van der Waals surface area contributed by atoms with Gasteiger partial charge in [0.1, 0.15) is 0 Å². The molecule has 2 fully saturated rings. The zero-order valence-corrected chi connectivity index (χ0v) is 7.58. The molecule has 2 rings (SSSR count). The van der Waals surface area contributed by atoms with Gasteiger partial charge < -0.3 is 0 Å². The molecule has 4 heteroatoms. The third-order valence-electron chi connectivity index (χ3n) is 2.53. The van der Waals surface area contributed by atoms with E-state index < -0.39 is 0 Å². The Kier molecular flexibility index (Phi) is 1.87. The zero-order valence-electron chi connectivity index (χ0n) is 6.76. The molecule has 0 radical (unpaired) electrons. The van der Waals surface area contributed by atoms with Gasteiger partial charge in [0.2, 0.25) is 11.8 Å². The second-order valence-corrected chi connectivity index (χ2v) is 4.73. The van der Waals surface area contributed by atoms with Crippen molar-refractivity contribution in [2.45, 2.75) is 19.3 Å². The molecule has 66 valence electrons. The van der Waals surface area contributed by atoms with Crippen LogP contribution in [0.3, 0.4) is 0 Å². The van der Waals surface area contributed by atoms with E-state index in [1.165, 1.54) is 0 Å². The maximum absolute atomic E-state index is 11.1. The Morgan fingerprint density at radius 2 is 1.92 bits per heavy atom. The fourth-order valence-electron chi connectivity index (χ4n) is 1.92.